The summed E-state index contributed by atoms with van der Waals surface area (Å²) in [4.78, 5) is 64.1. The Morgan fingerprint density at radius 1 is 0.761 bits per heavy atom. The van der Waals surface area contributed by atoms with E-state index in [1.54, 1.807) is 36.4 Å². The summed E-state index contributed by atoms with van der Waals surface area (Å²) in [6, 6.07) is 35.6. The molecule has 4 aromatic carbocycles. The van der Waals surface area contributed by atoms with Crippen molar-refractivity contribution in [1.29, 1.82) is 5.26 Å². The fourth-order valence-corrected chi connectivity index (χ4v) is 15.3. The predicted octanol–water partition coefficient (Wildman–Crippen LogP) is 12.1. The lowest BCUT2D eigenvalue weighted by Crippen LogP contribution is -2.51. The zero-order valence-corrected chi connectivity index (χ0v) is 53.4. The van der Waals surface area contributed by atoms with Gasteiger partial charge in [-0.15, -0.1) is 11.3 Å². The molecule has 6 aliphatic rings. The van der Waals surface area contributed by atoms with Gasteiger partial charge in [0.25, 0.3) is 11.8 Å². The minimum atomic E-state index is -1.01. The van der Waals surface area contributed by atoms with Crippen molar-refractivity contribution < 1.29 is 19.5 Å². The summed E-state index contributed by atoms with van der Waals surface area (Å²) in [5.74, 6) is 3.39. The van der Waals surface area contributed by atoms with Crippen LogP contribution in [0.4, 0.5) is 5.95 Å². The number of aliphatic hydroxyl groups is 1. The number of nitrogens with one attached hydrogen (secondary N) is 1. The molecule has 1 unspecified atom stereocenters. The number of imidazole rings is 1. The Balaban J connectivity index is 0.000000148. The van der Waals surface area contributed by atoms with Crippen molar-refractivity contribution in [3.05, 3.63) is 130 Å². The zero-order chi connectivity index (χ0) is 62.5. The first-order valence-corrected chi connectivity index (χ1v) is 32.8. The van der Waals surface area contributed by atoms with Crippen LogP contribution in [0.15, 0.2) is 123 Å². The van der Waals surface area contributed by atoms with E-state index in [1.807, 2.05) is 85.1 Å². The molecule has 3 saturated carbocycles. The van der Waals surface area contributed by atoms with E-state index in [1.165, 1.54) is 41.9 Å². The molecule has 2 aromatic heterocycles. The van der Waals surface area contributed by atoms with Crippen LogP contribution in [0.2, 0.25) is 5.02 Å². The van der Waals surface area contributed by atoms with Crippen LogP contribution in [-0.4, -0.2) is 103 Å². The van der Waals surface area contributed by atoms with Crippen molar-refractivity contribution in [1.82, 2.24) is 24.3 Å². The molecule has 464 valence electrons. The second kappa shape index (κ2) is 27.0. The topological polar surface area (TPSA) is 250 Å². The summed E-state index contributed by atoms with van der Waals surface area (Å²) in [6.45, 7) is 6.02. The lowest BCUT2D eigenvalue weighted by atomic mass is 9.74. The predicted molar refractivity (Wildman–Crippen MR) is 353 cm³/mol. The average Bonchev–Trinajstić information content (AvgIpc) is 1.59. The molecule has 0 spiro atoms. The normalized spacial score (nSPS) is 24.3. The number of rotatable bonds is 17. The van der Waals surface area contributed by atoms with Crippen LogP contribution in [0, 0.1) is 35.0 Å². The van der Waals surface area contributed by atoms with Crippen molar-refractivity contribution in [3.8, 4) is 28.3 Å². The van der Waals surface area contributed by atoms with Gasteiger partial charge in [-0.1, -0.05) is 132 Å². The summed E-state index contributed by atoms with van der Waals surface area (Å²) >= 11 is 7.76. The highest BCUT2D eigenvalue weighted by atomic mass is 35.5. The second-order valence-electron chi connectivity index (χ2n) is 25.6. The third-order valence-corrected chi connectivity index (χ3v) is 20.4. The Kier molecular flexibility index (Phi) is 19.5. The number of aryl methyl sites for hydroxylation is 1. The van der Waals surface area contributed by atoms with Crippen LogP contribution >= 0.6 is 22.9 Å². The molecular formula is C69H86ClN13O4S. The number of aromatic nitrogens is 2. The van der Waals surface area contributed by atoms with E-state index in [0.717, 1.165) is 113 Å². The van der Waals surface area contributed by atoms with Crippen LogP contribution in [0.5, 0.6) is 0 Å². The molecule has 19 heteroatoms. The van der Waals surface area contributed by atoms with E-state index in [-0.39, 0.29) is 48.2 Å². The van der Waals surface area contributed by atoms with Crippen LogP contribution in [0.25, 0.3) is 33.3 Å². The molecular weight excluding hydrogens is 1140 g/mol. The van der Waals surface area contributed by atoms with Crippen LogP contribution in [0.1, 0.15) is 146 Å². The van der Waals surface area contributed by atoms with Gasteiger partial charge in [-0.25, -0.2) is 20.0 Å². The first kappa shape index (κ1) is 63.4. The third kappa shape index (κ3) is 13.4. The summed E-state index contributed by atoms with van der Waals surface area (Å²) in [5, 5.41) is 25.4. The molecule has 5 heterocycles. The fraction of sp³-hybridized carbons (Fsp3) is 0.478. The number of hydrogen-bond acceptors (Lipinski definition) is 14. The number of aliphatic imine (C=N–C) groups is 3. The van der Waals surface area contributed by atoms with Crippen LogP contribution < -0.4 is 22.5 Å². The van der Waals surface area contributed by atoms with Gasteiger partial charge in [-0.2, -0.15) is 5.26 Å². The van der Waals surface area contributed by atoms with Crippen molar-refractivity contribution >= 4 is 75.5 Å². The quantitative estimate of drug-likeness (QED) is 0.0577. The van der Waals surface area contributed by atoms with E-state index < -0.39 is 16.6 Å². The monoisotopic (exact) mass is 1230 g/mol. The Labute approximate surface area is 527 Å². The van der Waals surface area contributed by atoms with Gasteiger partial charge in [0.2, 0.25) is 11.9 Å². The summed E-state index contributed by atoms with van der Waals surface area (Å²) in [6.07, 6.45) is 17.4. The molecule has 6 aromatic rings. The van der Waals surface area contributed by atoms with Crippen molar-refractivity contribution in [2.45, 2.75) is 159 Å². The molecule has 0 bridgehead atoms. The number of para-hydroxylation sites is 2. The van der Waals surface area contributed by atoms with Crippen molar-refractivity contribution in [2.75, 3.05) is 26.0 Å². The van der Waals surface area contributed by atoms with Crippen LogP contribution in [-0.2, 0) is 32.5 Å². The molecule has 0 radical (unpaired) electrons. The fourth-order valence-electron chi connectivity index (χ4n) is 14.0. The molecule has 6 atom stereocenters. The minimum absolute atomic E-state index is 0.0224. The number of hydrogen-bond donors (Lipinski definition) is 5. The molecule has 12 rings (SSSR count). The van der Waals surface area contributed by atoms with Gasteiger partial charge in [0.1, 0.15) is 11.1 Å². The summed E-state index contributed by atoms with van der Waals surface area (Å²) < 4.78 is 2.14. The van der Waals surface area contributed by atoms with E-state index in [9.17, 15) is 19.5 Å². The van der Waals surface area contributed by atoms with Gasteiger partial charge in [0, 0.05) is 37.1 Å². The van der Waals surface area contributed by atoms with Gasteiger partial charge >= 0.3 is 0 Å². The highest BCUT2D eigenvalue weighted by molar-refractivity contribution is 7.10. The Morgan fingerprint density at radius 3 is 2.11 bits per heavy atom. The number of anilines is 1. The number of nitrogens with zero attached hydrogens (tertiary/aromatic N) is 9. The van der Waals surface area contributed by atoms with Gasteiger partial charge in [0.15, 0.2) is 23.4 Å². The van der Waals surface area contributed by atoms with E-state index in [2.05, 4.69) is 66.1 Å². The maximum atomic E-state index is 13.8. The minimum Gasteiger partial charge on any atom is -0.394 e. The number of benzene rings is 4. The zero-order valence-electron chi connectivity index (χ0n) is 51.8. The average molecular weight is 1230 g/mol. The van der Waals surface area contributed by atoms with Gasteiger partial charge in [0.05, 0.1) is 41.7 Å². The number of guanidine groups is 3. The summed E-state index contributed by atoms with van der Waals surface area (Å²) in [5.41, 5.74) is 23.8. The van der Waals surface area contributed by atoms with Gasteiger partial charge in [-0.05, 0) is 163 Å². The number of amides is 3. The molecule has 3 aliphatic carbocycles. The molecule has 88 heavy (non-hydrogen) atoms. The lowest BCUT2D eigenvalue weighted by Gasteiger charge is -2.35. The number of likely N-dealkylation sites (N-methyl/N-ethyl adjacent to an activating group) is 1. The van der Waals surface area contributed by atoms with Gasteiger partial charge < -0.3 is 32.2 Å². The van der Waals surface area contributed by atoms with Crippen molar-refractivity contribution in [3.63, 3.8) is 0 Å². The molecule has 8 N–H and O–H groups in total. The number of nitriles is 1. The third-order valence-electron chi connectivity index (χ3n) is 19.1. The Bertz CT molecular complexity index is 3650. The van der Waals surface area contributed by atoms with Gasteiger partial charge in [-0.3, -0.25) is 29.1 Å². The number of halogens is 1. The number of carbonyl (C=O) groups excluding carboxylic acids is 3. The van der Waals surface area contributed by atoms with E-state index in [0.29, 0.717) is 53.7 Å². The van der Waals surface area contributed by atoms with E-state index >= 15 is 0 Å². The highest BCUT2D eigenvalue weighted by Gasteiger charge is 2.59. The summed E-state index contributed by atoms with van der Waals surface area (Å²) in [7, 11) is 5.50. The highest BCUT2D eigenvalue weighted by Crippen LogP contribution is 2.53. The Morgan fingerprint density at radius 2 is 1.45 bits per heavy atom. The first-order chi connectivity index (χ1) is 42.3. The molecule has 0 saturated heterocycles. The molecule has 17 nitrogen and oxygen atoms in total. The van der Waals surface area contributed by atoms with E-state index in [4.69, 9.17) is 49.0 Å². The number of carbonyl (C=O) groups is 3. The standard InChI is InChI=1S/C27H40N6O.C24H28ClN3O2.C18H18N4OS/c1-32-23-14-7-6-13-22(23)30-26(32)29-21-12-8-11-20(17-21)18-27(24(34)33(2)25(28)31-27)16-15-19-9-4-3-5-10-19;1-15(2)11-21(14-29)28-22(30)24(18-9-10-18,27-23(28)26)19-7-3-5-16(12-19)17-6-4-8-20(25)13-17;1-3-18(9-16(23)22(2)17(20)21-18)15-8-14(11-24-15)13-6-4-5-12(7-13)10-19/h6-7,13-14,19-21H,3-5,8-12,15-18H2,1-2H3,(H2,28,31)(H,29,30);3-8,12-13,15,18,21,29H,9-11,14H2,1-2H3,(H2,26,27);4-8,11H,3,9H2,1-2H3,(H2,20,21)/t20-,21+,27+;21-,24?;18-/m010/s1. The first-order valence-electron chi connectivity index (χ1n) is 31.5. The smallest absolute Gasteiger partial charge is 0.262 e. The SMILES string of the molecule is CC(C)C[C@H](CO)N1C(=O)C(c2cccc(-c3cccc(Cl)c3)c2)(C2CC2)N=C1N.CC[C@@]1(c2cc(-c3cccc(C#N)c3)cs2)CC(=O)N(C)C(N)=N1.CN1C(=O)[C@@](CCC2CCCCC2)(C[C@H]2CCC[C@@H](Nc3nc4ccccc4n3C)C2)N=C1N. The lowest BCUT2D eigenvalue weighted by molar-refractivity contribution is -0.135. The maximum absolute atomic E-state index is 13.8. The van der Waals surface area contributed by atoms with Crippen LogP contribution in [0.3, 0.4) is 0 Å². The maximum Gasteiger partial charge on any atom is 0.262 e. The number of thiophene rings is 1. The van der Waals surface area contributed by atoms with Crippen molar-refractivity contribution in [2.24, 2.45) is 62.9 Å². The number of nitrogens with two attached hydrogens (primary N) is 3. The molecule has 3 fully saturated rings. The molecule has 3 aliphatic heterocycles. The number of fused-ring (bicyclic) bond motifs is 1. The second-order valence-corrected chi connectivity index (χ2v) is 26.9. The largest absolute Gasteiger partial charge is 0.394 e. The molecule has 3 amide bonds. The Hall–Kier alpha value is -7.59. The number of aliphatic hydroxyl groups excluding tert-OH is 1.